The van der Waals surface area contributed by atoms with Crippen LogP contribution in [0, 0.1) is 5.92 Å². The normalized spacial score (nSPS) is 14.6. The van der Waals surface area contributed by atoms with E-state index < -0.39 is 0 Å². The zero-order valence-electron chi connectivity index (χ0n) is 17.6. The molecule has 0 atom stereocenters. The monoisotopic (exact) mass is 392 g/mol. The average Bonchev–Trinajstić information content (AvgIpc) is 2.74. The smallest absolute Gasteiger partial charge is 0.226 e. The molecule has 1 saturated heterocycles. The lowest BCUT2D eigenvalue weighted by atomic mass is 9.89. The molecule has 0 aromatic heterocycles. The van der Waals surface area contributed by atoms with E-state index in [0.29, 0.717) is 18.8 Å². The van der Waals surface area contributed by atoms with Crippen LogP contribution in [0.2, 0.25) is 0 Å². The maximum absolute atomic E-state index is 12.5. The molecule has 0 N–H and O–H groups in total. The molecule has 1 aliphatic rings. The second-order valence-corrected chi connectivity index (χ2v) is 8.30. The van der Waals surface area contributed by atoms with Crippen molar-refractivity contribution in [1.29, 1.82) is 0 Å². The van der Waals surface area contributed by atoms with Crippen molar-refractivity contribution in [2.24, 2.45) is 5.92 Å². The molecule has 4 nitrogen and oxygen atoms in total. The predicted octanol–water partition coefficient (Wildman–Crippen LogP) is 3.73. The third kappa shape index (κ3) is 6.45. The highest BCUT2D eigenvalue weighted by molar-refractivity contribution is 5.78. The minimum atomic E-state index is 0.169. The molecule has 154 valence electrons. The van der Waals surface area contributed by atoms with Gasteiger partial charge in [0.25, 0.3) is 0 Å². The average molecular weight is 393 g/mol. The lowest BCUT2D eigenvalue weighted by Crippen LogP contribution is -2.39. The molecule has 0 unspecified atom stereocenters. The Morgan fingerprint density at radius 3 is 2.14 bits per heavy atom. The van der Waals surface area contributed by atoms with E-state index in [0.717, 1.165) is 44.3 Å². The summed E-state index contributed by atoms with van der Waals surface area (Å²) in [6.45, 7) is 1.72. The fourth-order valence-corrected chi connectivity index (χ4v) is 3.92. The zero-order valence-corrected chi connectivity index (χ0v) is 17.6. The standard InChI is InChI=1S/C25H32N2O2/c1-26(2)24(28)13-12-20-8-10-22(11-9-20)18-23-14-16-27(17-15-23)25(29)19-21-6-4-3-5-7-21/h3-11,23H,12-19H2,1-2H3. The number of hydrogen-bond donors (Lipinski definition) is 0. The van der Waals surface area contributed by atoms with Gasteiger partial charge in [0.1, 0.15) is 0 Å². The van der Waals surface area contributed by atoms with Gasteiger partial charge in [-0.25, -0.2) is 0 Å². The number of piperidine rings is 1. The number of rotatable bonds is 7. The van der Waals surface area contributed by atoms with E-state index in [1.165, 1.54) is 11.1 Å². The molecule has 2 aromatic rings. The van der Waals surface area contributed by atoms with E-state index in [2.05, 4.69) is 24.3 Å². The molecular weight excluding hydrogens is 360 g/mol. The third-order valence-corrected chi connectivity index (χ3v) is 5.84. The minimum Gasteiger partial charge on any atom is -0.349 e. The van der Waals surface area contributed by atoms with Crippen molar-refractivity contribution in [1.82, 2.24) is 9.80 Å². The quantitative estimate of drug-likeness (QED) is 0.720. The van der Waals surface area contributed by atoms with Gasteiger partial charge < -0.3 is 9.80 Å². The van der Waals surface area contributed by atoms with Gasteiger partial charge in [-0.15, -0.1) is 0 Å². The van der Waals surface area contributed by atoms with Crippen LogP contribution in [0.3, 0.4) is 0 Å². The number of nitrogens with zero attached hydrogens (tertiary/aromatic N) is 2. The van der Waals surface area contributed by atoms with Crippen LogP contribution in [0.4, 0.5) is 0 Å². The summed E-state index contributed by atoms with van der Waals surface area (Å²) < 4.78 is 0. The first kappa shape index (κ1) is 21.1. The summed E-state index contributed by atoms with van der Waals surface area (Å²) in [5.74, 6) is 1.05. The summed E-state index contributed by atoms with van der Waals surface area (Å²) in [5, 5.41) is 0. The molecule has 29 heavy (non-hydrogen) atoms. The first-order chi connectivity index (χ1) is 14.0. The summed E-state index contributed by atoms with van der Waals surface area (Å²) in [7, 11) is 3.60. The maximum atomic E-state index is 12.5. The second-order valence-electron chi connectivity index (χ2n) is 8.30. The molecule has 0 saturated carbocycles. The Bertz CT molecular complexity index is 791. The number of carbonyl (C=O) groups excluding carboxylic acids is 2. The Morgan fingerprint density at radius 1 is 0.897 bits per heavy atom. The van der Waals surface area contributed by atoms with Crippen LogP contribution in [0.25, 0.3) is 0 Å². The number of likely N-dealkylation sites (tertiary alicyclic amines) is 1. The Morgan fingerprint density at radius 2 is 1.52 bits per heavy atom. The van der Waals surface area contributed by atoms with Gasteiger partial charge >= 0.3 is 0 Å². The lowest BCUT2D eigenvalue weighted by Gasteiger charge is -2.32. The first-order valence-corrected chi connectivity index (χ1v) is 10.6. The molecule has 4 heteroatoms. The number of hydrogen-bond acceptors (Lipinski definition) is 2. The SMILES string of the molecule is CN(C)C(=O)CCc1ccc(CC2CCN(C(=O)Cc3ccccc3)CC2)cc1. The number of benzene rings is 2. The van der Waals surface area contributed by atoms with E-state index >= 15 is 0 Å². The Hall–Kier alpha value is -2.62. The van der Waals surface area contributed by atoms with Crippen molar-refractivity contribution in [2.75, 3.05) is 27.2 Å². The van der Waals surface area contributed by atoms with E-state index in [1.807, 2.05) is 35.2 Å². The first-order valence-electron chi connectivity index (χ1n) is 10.6. The summed E-state index contributed by atoms with van der Waals surface area (Å²) in [6.07, 6.45) is 5.06. The predicted molar refractivity (Wildman–Crippen MR) is 117 cm³/mol. The fourth-order valence-electron chi connectivity index (χ4n) is 3.92. The van der Waals surface area contributed by atoms with E-state index in [-0.39, 0.29) is 11.8 Å². The molecule has 1 heterocycles. The summed E-state index contributed by atoms with van der Waals surface area (Å²) >= 11 is 0. The van der Waals surface area contributed by atoms with Crippen molar-refractivity contribution in [3.8, 4) is 0 Å². The molecule has 0 radical (unpaired) electrons. The van der Waals surface area contributed by atoms with Crippen molar-refractivity contribution >= 4 is 11.8 Å². The van der Waals surface area contributed by atoms with Gasteiger partial charge in [0, 0.05) is 33.6 Å². The van der Waals surface area contributed by atoms with Gasteiger partial charge in [-0.3, -0.25) is 9.59 Å². The highest BCUT2D eigenvalue weighted by atomic mass is 16.2. The number of carbonyl (C=O) groups is 2. The van der Waals surface area contributed by atoms with E-state index in [4.69, 9.17) is 0 Å². The molecule has 0 bridgehead atoms. The summed E-state index contributed by atoms with van der Waals surface area (Å²) in [4.78, 5) is 27.9. The van der Waals surface area contributed by atoms with Crippen LogP contribution in [-0.2, 0) is 28.9 Å². The van der Waals surface area contributed by atoms with Crippen LogP contribution in [0.15, 0.2) is 54.6 Å². The minimum absolute atomic E-state index is 0.169. The Balaban J connectivity index is 1.42. The van der Waals surface area contributed by atoms with Crippen LogP contribution in [0.5, 0.6) is 0 Å². The van der Waals surface area contributed by atoms with Crippen LogP contribution >= 0.6 is 0 Å². The maximum Gasteiger partial charge on any atom is 0.226 e. The van der Waals surface area contributed by atoms with Crippen LogP contribution < -0.4 is 0 Å². The summed E-state index contributed by atoms with van der Waals surface area (Å²) in [6, 6.07) is 18.7. The molecule has 1 fully saturated rings. The van der Waals surface area contributed by atoms with E-state index in [1.54, 1.807) is 19.0 Å². The number of amides is 2. The van der Waals surface area contributed by atoms with Crippen LogP contribution in [-0.4, -0.2) is 48.8 Å². The molecule has 0 spiro atoms. The van der Waals surface area contributed by atoms with Gasteiger partial charge in [-0.2, -0.15) is 0 Å². The molecular formula is C25H32N2O2. The molecule has 3 rings (SSSR count). The van der Waals surface area contributed by atoms with Crippen LogP contribution in [0.1, 0.15) is 36.0 Å². The van der Waals surface area contributed by atoms with Gasteiger partial charge in [0.15, 0.2) is 0 Å². The van der Waals surface area contributed by atoms with E-state index in [9.17, 15) is 9.59 Å². The summed E-state index contributed by atoms with van der Waals surface area (Å²) in [5.41, 5.74) is 3.65. The topological polar surface area (TPSA) is 40.6 Å². The second kappa shape index (κ2) is 10.2. The molecule has 2 aromatic carbocycles. The van der Waals surface area contributed by atoms with Gasteiger partial charge in [-0.05, 0) is 48.3 Å². The largest absolute Gasteiger partial charge is 0.349 e. The number of aryl methyl sites for hydroxylation is 1. The molecule has 2 amide bonds. The highest BCUT2D eigenvalue weighted by Crippen LogP contribution is 2.23. The highest BCUT2D eigenvalue weighted by Gasteiger charge is 2.23. The van der Waals surface area contributed by atoms with Gasteiger partial charge in [0.05, 0.1) is 6.42 Å². The zero-order chi connectivity index (χ0) is 20.6. The molecule has 0 aliphatic carbocycles. The lowest BCUT2D eigenvalue weighted by molar-refractivity contribution is -0.132. The van der Waals surface area contributed by atoms with Crippen molar-refractivity contribution in [3.05, 3.63) is 71.3 Å². The Labute approximate surface area is 174 Å². The van der Waals surface area contributed by atoms with Crippen molar-refractivity contribution < 1.29 is 9.59 Å². The fraction of sp³-hybridized carbons (Fsp3) is 0.440. The van der Waals surface area contributed by atoms with Gasteiger partial charge in [0.2, 0.25) is 11.8 Å². The van der Waals surface area contributed by atoms with Crippen molar-refractivity contribution in [2.45, 2.75) is 38.5 Å². The molecule has 1 aliphatic heterocycles. The third-order valence-electron chi connectivity index (χ3n) is 5.84. The van der Waals surface area contributed by atoms with Crippen molar-refractivity contribution in [3.63, 3.8) is 0 Å². The Kier molecular flexibility index (Phi) is 7.45. The van der Waals surface area contributed by atoms with Gasteiger partial charge in [-0.1, -0.05) is 54.6 Å².